The van der Waals surface area contributed by atoms with Gasteiger partial charge in [-0.25, -0.2) is 0 Å². The number of rotatable bonds is 3. The van der Waals surface area contributed by atoms with Gasteiger partial charge in [0.2, 0.25) is 5.91 Å². The number of hydrogen-bond donors (Lipinski definition) is 1. The molecule has 0 saturated carbocycles. The van der Waals surface area contributed by atoms with E-state index in [1.807, 2.05) is 18.8 Å². The van der Waals surface area contributed by atoms with E-state index < -0.39 is 0 Å². The first-order valence-electron chi connectivity index (χ1n) is 6.23. The zero-order valence-electron chi connectivity index (χ0n) is 10.3. The van der Waals surface area contributed by atoms with Crippen molar-refractivity contribution in [3.63, 3.8) is 0 Å². The van der Waals surface area contributed by atoms with Crippen LogP contribution in [0.4, 0.5) is 0 Å². The molecule has 1 amide bonds. The van der Waals surface area contributed by atoms with E-state index in [0.29, 0.717) is 11.8 Å². The second-order valence-corrected chi connectivity index (χ2v) is 6.74. The van der Waals surface area contributed by atoms with Gasteiger partial charge in [0.15, 0.2) is 0 Å². The third-order valence-electron chi connectivity index (χ3n) is 3.74. The van der Waals surface area contributed by atoms with E-state index in [1.54, 1.807) is 0 Å². The molecule has 0 aromatic carbocycles. The maximum absolute atomic E-state index is 12.4. The van der Waals surface area contributed by atoms with Crippen molar-refractivity contribution in [1.82, 2.24) is 10.2 Å². The molecule has 0 aliphatic carbocycles. The number of carbonyl (C=O) groups is 1. The lowest BCUT2D eigenvalue weighted by Crippen LogP contribution is -2.42. The molecule has 0 aromatic rings. The van der Waals surface area contributed by atoms with Crippen LogP contribution in [0.5, 0.6) is 0 Å². The Morgan fingerprint density at radius 2 is 2.44 bits per heavy atom. The molecule has 92 valence electrons. The average molecular weight is 242 g/mol. The Balaban J connectivity index is 1.91. The highest BCUT2D eigenvalue weighted by atomic mass is 32.2. The molecule has 2 aliphatic rings. The van der Waals surface area contributed by atoms with Gasteiger partial charge in [-0.15, -0.1) is 11.8 Å². The molecule has 0 bridgehead atoms. The van der Waals surface area contributed by atoms with E-state index in [-0.39, 0.29) is 4.75 Å². The lowest BCUT2D eigenvalue weighted by molar-refractivity contribution is -0.132. The van der Waals surface area contributed by atoms with Gasteiger partial charge in [0.05, 0.1) is 4.75 Å². The summed E-state index contributed by atoms with van der Waals surface area (Å²) in [6, 6.07) is 0. The van der Waals surface area contributed by atoms with Crippen LogP contribution in [0.3, 0.4) is 0 Å². The van der Waals surface area contributed by atoms with Gasteiger partial charge >= 0.3 is 0 Å². The van der Waals surface area contributed by atoms with Gasteiger partial charge in [0.1, 0.15) is 0 Å². The molecule has 1 N–H and O–H groups in total. The van der Waals surface area contributed by atoms with Crippen LogP contribution >= 0.6 is 11.8 Å². The normalized spacial score (nSPS) is 34.6. The van der Waals surface area contributed by atoms with Crippen LogP contribution in [0.25, 0.3) is 0 Å². The Morgan fingerprint density at radius 3 is 3.06 bits per heavy atom. The van der Waals surface area contributed by atoms with E-state index in [2.05, 4.69) is 17.1 Å². The van der Waals surface area contributed by atoms with Crippen molar-refractivity contribution in [2.24, 2.45) is 5.92 Å². The topological polar surface area (TPSA) is 32.3 Å². The number of nitrogens with zero attached hydrogens (tertiary/aromatic N) is 1. The summed E-state index contributed by atoms with van der Waals surface area (Å²) in [5.41, 5.74) is 0. The predicted molar refractivity (Wildman–Crippen MR) is 68.7 cm³/mol. The zero-order chi connectivity index (χ0) is 11.6. The van der Waals surface area contributed by atoms with Crippen LogP contribution in [0.15, 0.2) is 0 Å². The first kappa shape index (κ1) is 12.2. The molecule has 2 fully saturated rings. The second kappa shape index (κ2) is 4.96. The minimum atomic E-state index is -0.117. The highest BCUT2D eigenvalue weighted by Crippen LogP contribution is 2.40. The molecule has 3 nitrogen and oxygen atoms in total. The Bertz CT molecular complexity index is 264. The molecular formula is C12H22N2OS. The highest BCUT2D eigenvalue weighted by molar-refractivity contribution is 8.01. The first-order chi connectivity index (χ1) is 7.65. The lowest BCUT2D eigenvalue weighted by Gasteiger charge is -2.28. The minimum Gasteiger partial charge on any atom is -0.341 e. The van der Waals surface area contributed by atoms with E-state index in [1.165, 1.54) is 6.42 Å². The minimum absolute atomic E-state index is 0.117. The molecule has 4 heteroatoms. The summed E-state index contributed by atoms with van der Waals surface area (Å²) in [5, 5.41) is 3.20. The van der Waals surface area contributed by atoms with Crippen molar-refractivity contribution in [3.05, 3.63) is 0 Å². The summed E-state index contributed by atoms with van der Waals surface area (Å²) in [6.07, 6.45) is 3.41. The van der Waals surface area contributed by atoms with Gasteiger partial charge in [-0.05, 0) is 51.4 Å². The van der Waals surface area contributed by atoms with Crippen molar-refractivity contribution < 1.29 is 4.79 Å². The summed E-state index contributed by atoms with van der Waals surface area (Å²) in [5.74, 6) is 2.19. The van der Waals surface area contributed by atoms with Crippen LogP contribution in [0.2, 0.25) is 0 Å². The molecule has 2 saturated heterocycles. The number of thioether (sulfide) groups is 1. The number of carbonyl (C=O) groups excluding carboxylic acids is 1. The Hall–Kier alpha value is -0.220. The standard InChI is InChI=1S/C12H22N2OS/c1-12(5-3-7-16-12)11(15)14-6-4-10(9-14)8-13-2/h10,13H,3-9H2,1-2H3. The SMILES string of the molecule is CNCC1CCN(C(=O)C2(C)CCCS2)C1. The van der Waals surface area contributed by atoms with Gasteiger partial charge in [0.25, 0.3) is 0 Å². The monoisotopic (exact) mass is 242 g/mol. The van der Waals surface area contributed by atoms with E-state index in [4.69, 9.17) is 0 Å². The number of nitrogens with one attached hydrogen (secondary N) is 1. The fraction of sp³-hybridized carbons (Fsp3) is 0.917. The second-order valence-electron chi connectivity index (χ2n) is 5.15. The van der Waals surface area contributed by atoms with Crippen molar-refractivity contribution in [3.8, 4) is 0 Å². The van der Waals surface area contributed by atoms with E-state index in [9.17, 15) is 4.79 Å². The molecule has 2 rings (SSSR count). The van der Waals surface area contributed by atoms with Gasteiger partial charge in [-0.2, -0.15) is 0 Å². The molecule has 2 heterocycles. The lowest BCUT2D eigenvalue weighted by atomic mass is 10.0. The summed E-state index contributed by atoms with van der Waals surface area (Å²) < 4.78 is -0.117. The van der Waals surface area contributed by atoms with Crippen molar-refractivity contribution in [2.75, 3.05) is 32.4 Å². The smallest absolute Gasteiger partial charge is 0.238 e. The zero-order valence-corrected chi connectivity index (χ0v) is 11.1. The van der Waals surface area contributed by atoms with Crippen LogP contribution in [0, 0.1) is 5.92 Å². The number of likely N-dealkylation sites (tertiary alicyclic amines) is 1. The number of amides is 1. The highest BCUT2D eigenvalue weighted by Gasteiger charge is 2.41. The van der Waals surface area contributed by atoms with Crippen molar-refractivity contribution >= 4 is 17.7 Å². The van der Waals surface area contributed by atoms with E-state index >= 15 is 0 Å². The molecular weight excluding hydrogens is 220 g/mol. The Morgan fingerprint density at radius 1 is 1.62 bits per heavy atom. The molecule has 16 heavy (non-hydrogen) atoms. The molecule has 2 unspecified atom stereocenters. The molecule has 0 spiro atoms. The van der Waals surface area contributed by atoms with Gasteiger partial charge in [-0.3, -0.25) is 4.79 Å². The van der Waals surface area contributed by atoms with Crippen molar-refractivity contribution in [1.29, 1.82) is 0 Å². The third kappa shape index (κ3) is 2.38. The molecule has 0 radical (unpaired) electrons. The quantitative estimate of drug-likeness (QED) is 0.810. The summed E-state index contributed by atoms with van der Waals surface area (Å²) >= 11 is 1.85. The van der Waals surface area contributed by atoms with Crippen LogP contribution in [-0.4, -0.2) is 48.0 Å². The van der Waals surface area contributed by atoms with Crippen LogP contribution in [-0.2, 0) is 4.79 Å². The first-order valence-corrected chi connectivity index (χ1v) is 7.22. The fourth-order valence-electron chi connectivity index (χ4n) is 2.75. The largest absolute Gasteiger partial charge is 0.341 e. The van der Waals surface area contributed by atoms with Crippen molar-refractivity contribution in [2.45, 2.75) is 30.9 Å². The maximum Gasteiger partial charge on any atom is 0.238 e. The molecule has 2 atom stereocenters. The number of hydrogen-bond acceptors (Lipinski definition) is 3. The van der Waals surface area contributed by atoms with Gasteiger partial charge in [0, 0.05) is 13.1 Å². The fourth-order valence-corrected chi connectivity index (χ4v) is 4.04. The summed E-state index contributed by atoms with van der Waals surface area (Å²) in [6.45, 7) is 5.07. The molecule has 2 aliphatic heterocycles. The van der Waals surface area contributed by atoms with Gasteiger partial charge < -0.3 is 10.2 Å². The maximum atomic E-state index is 12.4. The predicted octanol–water partition coefficient (Wildman–Crippen LogP) is 1.34. The Kier molecular flexibility index (Phi) is 3.80. The summed E-state index contributed by atoms with van der Waals surface area (Å²) in [4.78, 5) is 14.5. The Labute approximate surface area is 102 Å². The molecule has 0 aromatic heterocycles. The summed E-state index contributed by atoms with van der Waals surface area (Å²) in [7, 11) is 1.98. The average Bonchev–Trinajstić information content (AvgIpc) is 2.88. The third-order valence-corrected chi connectivity index (χ3v) is 5.25. The van der Waals surface area contributed by atoms with Crippen LogP contribution in [0.1, 0.15) is 26.2 Å². The van der Waals surface area contributed by atoms with Crippen LogP contribution < -0.4 is 5.32 Å². The van der Waals surface area contributed by atoms with Gasteiger partial charge in [-0.1, -0.05) is 0 Å². The van der Waals surface area contributed by atoms with E-state index in [0.717, 1.165) is 38.2 Å².